The van der Waals surface area contributed by atoms with Crippen molar-refractivity contribution < 1.29 is 4.79 Å². The molecule has 0 spiro atoms. The Hall–Kier alpha value is -3.06. The topological polar surface area (TPSA) is 106 Å². The maximum absolute atomic E-state index is 13.0. The van der Waals surface area contributed by atoms with Gasteiger partial charge in [0.05, 0.1) is 12.5 Å². The quantitative estimate of drug-likeness (QED) is 0.604. The maximum Gasteiger partial charge on any atom is 0.332 e. The second-order valence-corrected chi connectivity index (χ2v) is 7.37. The molecule has 0 bridgehead atoms. The van der Waals surface area contributed by atoms with Gasteiger partial charge in [-0.25, -0.2) is 4.79 Å². The Morgan fingerprint density at radius 2 is 1.90 bits per heavy atom. The number of nitrogens with one attached hydrogen (secondary N) is 2. The van der Waals surface area contributed by atoms with Crippen LogP contribution in [0.15, 0.2) is 9.59 Å². The van der Waals surface area contributed by atoms with Crippen molar-refractivity contribution in [1.82, 2.24) is 29.3 Å². The number of carbonyl (C=O) groups is 1. The number of aromatic nitrogens is 4. The summed E-state index contributed by atoms with van der Waals surface area (Å²) < 4.78 is 4.35. The minimum Gasteiger partial charge on any atom is -0.356 e. The largest absolute Gasteiger partial charge is 0.356 e. The average molecular weight is 399 g/mol. The Labute approximate surface area is 167 Å². The highest BCUT2D eigenvalue weighted by Gasteiger charge is 2.29. The molecule has 2 aliphatic rings. The van der Waals surface area contributed by atoms with Crippen molar-refractivity contribution in [1.29, 1.82) is 0 Å². The molecule has 4 heterocycles. The Balaban J connectivity index is 1.94. The Morgan fingerprint density at radius 1 is 1.14 bits per heavy atom. The van der Waals surface area contributed by atoms with Crippen molar-refractivity contribution in [3.63, 3.8) is 0 Å². The van der Waals surface area contributed by atoms with Crippen LogP contribution >= 0.6 is 0 Å². The van der Waals surface area contributed by atoms with Gasteiger partial charge in [0.1, 0.15) is 0 Å². The van der Waals surface area contributed by atoms with Crippen molar-refractivity contribution in [2.75, 3.05) is 37.6 Å². The fourth-order valence-electron chi connectivity index (χ4n) is 3.96. The summed E-state index contributed by atoms with van der Waals surface area (Å²) in [6.07, 6.45) is 0.655. The van der Waals surface area contributed by atoms with Crippen LogP contribution in [0.3, 0.4) is 0 Å². The van der Waals surface area contributed by atoms with Gasteiger partial charge in [0.15, 0.2) is 11.2 Å². The van der Waals surface area contributed by atoms with E-state index in [2.05, 4.69) is 27.4 Å². The number of hydrogen-bond donors (Lipinski definition) is 2. The van der Waals surface area contributed by atoms with E-state index in [0.29, 0.717) is 36.6 Å². The van der Waals surface area contributed by atoms with E-state index in [1.54, 1.807) is 11.5 Å². The first-order valence-electron chi connectivity index (χ1n) is 9.86. The van der Waals surface area contributed by atoms with Crippen LogP contribution in [-0.4, -0.2) is 57.3 Å². The van der Waals surface area contributed by atoms with Crippen molar-refractivity contribution >= 4 is 23.0 Å². The molecule has 2 saturated heterocycles. The van der Waals surface area contributed by atoms with Crippen LogP contribution in [0.5, 0.6) is 0 Å². The van der Waals surface area contributed by atoms with Gasteiger partial charge in [0.2, 0.25) is 11.9 Å². The van der Waals surface area contributed by atoms with Gasteiger partial charge >= 0.3 is 5.69 Å². The average Bonchev–Trinajstić information content (AvgIpc) is 3.32. The number of imidazole rings is 1. The van der Waals surface area contributed by atoms with Crippen LogP contribution in [0, 0.1) is 17.8 Å². The molecular formula is C19H25N7O3. The molecule has 1 unspecified atom stereocenters. The zero-order valence-corrected chi connectivity index (χ0v) is 16.7. The van der Waals surface area contributed by atoms with Gasteiger partial charge < -0.3 is 15.5 Å². The van der Waals surface area contributed by atoms with E-state index in [9.17, 15) is 14.4 Å². The summed E-state index contributed by atoms with van der Waals surface area (Å²) in [5.41, 5.74) is -0.185. The molecule has 1 atom stereocenters. The van der Waals surface area contributed by atoms with Gasteiger partial charge in [-0.1, -0.05) is 5.92 Å². The highest BCUT2D eigenvalue weighted by atomic mass is 16.2. The van der Waals surface area contributed by atoms with Gasteiger partial charge in [-0.05, 0) is 13.3 Å². The molecule has 0 aromatic carbocycles. The van der Waals surface area contributed by atoms with Crippen LogP contribution < -0.4 is 26.8 Å². The first-order chi connectivity index (χ1) is 14.0. The molecule has 1 amide bonds. The zero-order chi connectivity index (χ0) is 20.5. The number of rotatable bonds is 4. The Kier molecular flexibility index (Phi) is 5.15. The summed E-state index contributed by atoms with van der Waals surface area (Å²) in [7, 11) is 1.46. The molecule has 10 nitrogen and oxygen atoms in total. The molecule has 29 heavy (non-hydrogen) atoms. The van der Waals surface area contributed by atoms with Crippen molar-refractivity contribution in [2.45, 2.75) is 26.4 Å². The molecule has 10 heteroatoms. The smallest absolute Gasteiger partial charge is 0.332 e. The molecule has 2 fully saturated rings. The van der Waals surface area contributed by atoms with E-state index in [0.717, 1.165) is 30.7 Å². The lowest BCUT2D eigenvalue weighted by Gasteiger charge is -2.28. The van der Waals surface area contributed by atoms with Crippen LogP contribution in [0.4, 0.5) is 5.95 Å². The van der Waals surface area contributed by atoms with E-state index in [1.807, 2.05) is 0 Å². The van der Waals surface area contributed by atoms with Crippen LogP contribution in [0.2, 0.25) is 0 Å². The van der Waals surface area contributed by atoms with E-state index >= 15 is 0 Å². The molecular weight excluding hydrogens is 374 g/mol. The van der Waals surface area contributed by atoms with Gasteiger partial charge in [0, 0.05) is 46.3 Å². The summed E-state index contributed by atoms with van der Waals surface area (Å²) in [6, 6.07) is 0. The minimum absolute atomic E-state index is 0.0717. The summed E-state index contributed by atoms with van der Waals surface area (Å²) in [5.74, 6) is 6.14. The fraction of sp³-hybridized carbons (Fsp3) is 0.579. The molecule has 2 N–H and O–H groups in total. The lowest BCUT2D eigenvalue weighted by molar-refractivity contribution is -0.122. The highest BCUT2D eigenvalue weighted by molar-refractivity contribution is 5.81. The van der Waals surface area contributed by atoms with Gasteiger partial charge in [0.25, 0.3) is 5.56 Å². The third-order valence-corrected chi connectivity index (χ3v) is 5.59. The molecule has 2 aliphatic heterocycles. The Bertz CT molecular complexity index is 1130. The van der Waals surface area contributed by atoms with Gasteiger partial charge in [-0.2, -0.15) is 4.98 Å². The summed E-state index contributed by atoms with van der Waals surface area (Å²) in [5, 5.41) is 6.10. The first-order valence-corrected chi connectivity index (χ1v) is 9.86. The predicted octanol–water partition coefficient (Wildman–Crippen LogP) is -1.53. The maximum atomic E-state index is 13.0. The highest BCUT2D eigenvalue weighted by Crippen LogP contribution is 2.21. The second kappa shape index (κ2) is 7.75. The van der Waals surface area contributed by atoms with E-state index in [-0.39, 0.29) is 18.4 Å². The number of fused-ring (bicyclic) bond motifs is 1. The van der Waals surface area contributed by atoms with Gasteiger partial charge in [-0.15, -0.1) is 5.92 Å². The first kappa shape index (κ1) is 19.3. The molecule has 0 aliphatic carbocycles. The number of hydrogen-bond acceptors (Lipinski definition) is 6. The predicted molar refractivity (Wildman–Crippen MR) is 109 cm³/mol. The van der Waals surface area contributed by atoms with Crippen LogP contribution in [0.25, 0.3) is 11.2 Å². The summed E-state index contributed by atoms with van der Waals surface area (Å²) in [4.78, 5) is 44.8. The molecule has 2 aromatic heterocycles. The van der Waals surface area contributed by atoms with Crippen LogP contribution in [-0.2, 0) is 24.9 Å². The second-order valence-electron chi connectivity index (χ2n) is 7.37. The number of anilines is 1. The lowest BCUT2D eigenvalue weighted by Crippen LogP contribution is -2.44. The third-order valence-electron chi connectivity index (χ3n) is 5.59. The number of nitrogens with zero attached hydrogens (tertiary/aromatic N) is 5. The van der Waals surface area contributed by atoms with E-state index in [1.165, 1.54) is 11.6 Å². The van der Waals surface area contributed by atoms with Crippen molar-refractivity contribution in [3.8, 4) is 11.8 Å². The number of amides is 1. The zero-order valence-electron chi connectivity index (χ0n) is 16.7. The lowest BCUT2D eigenvalue weighted by atomic mass is 10.1. The Morgan fingerprint density at radius 3 is 2.55 bits per heavy atom. The summed E-state index contributed by atoms with van der Waals surface area (Å²) >= 11 is 0. The third kappa shape index (κ3) is 3.31. The van der Waals surface area contributed by atoms with E-state index in [4.69, 9.17) is 4.98 Å². The fourth-order valence-corrected chi connectivity index (χ4v) is 3.96. The number of carbonyl (C=O) groups excluding carboxylic acids is 1. The SMILES string of the molecule is CC#CCn1c(N2CCNCC2)nc2c1c(=O)n(C)c(=O)n2CC1CCNC1=O. The van der Waals surface area contributed by atoms with E-state index < -0.39 is 11.2 Å². The monoisotopic (exact) mass is 399 g/mol. The molecule has 2 aromatic rings. The molecule has 4 rings (SSSR count). The van der Waals surface area contributed by atoms with Gasteiger partial charge in [-0.3, -0.25) is 23.3 Å². The standard InChI is InChI=1S/C19H25N7O3/c1-3-4-9-25-14-15(22-18(25)24-10-7-20-8-11-24)26(19(29)23(2)17(14)28)12-13-5-6-21-16(13)27/h13,20H,5-12H2,1-2H3,(H,21,27). The summed E-state index contributed by atoms with van der Waals surface area (Å²) in [6.45, 7) is 5.98. The van der Waals surface area contributed by atoms with Crippen molar-refractivity contribution in [3.05, 3.63) is 20.8 Å². The number of piperazine rings is 1. The molecule has 0 radical (unpaired) electrons. The van der Waals surface area contributed by atoms with Crippen LogP contribution in [0.1, 0.15) is 13.3 Å². The molecule has 0 saturated carbocycles. The minimum atomic E-state index is -0.458. The molecule has 154 valence electrons. The normalized spacial score (nSPS) is 19.3. The van der Waals surface area contributed by atoms with Crippen molar-refractivity contribution in [2.24, 2.45) is 13.0 Å².